The minimum atomic E-state index is -3.80. The molecule has 1 aromatic carbocycles. The molecule has 21 heavy (non-hydrogen) atoms. The molecule has 0 aliphatic carbocycles. The number of sulfonamides is 1. The Labute approximate surface area is 120 Å². The molecule has 7 nitrogen and oxygen atoms in total. The van der Waals surface area contributed by atoms with Crippen molar-refractivity contribution >= 4 is 27.0 Å². The van der Waals surface area contributed by atoms with Gasteiger partial charge in [-0.1, -0.05) is 12.1 Å². The highest BCUT2D eigenvalue weighted by Gasteiger charge is 2.16. The number of nitrogens with one attached hydrogen (secondary N) is 2. The SMILES string of the molecule is N#Cc1ccc(S(=O)(=O)Nc2nc3ccccc3[nH]2)cn1. The first-order chi connectivity index (χ1) is 10.1. The number of benzene rings is 1. The molecule has 0 amide bonds. The Morgan fingerprint density at radius 1 is 1.19 bits per heavy atom. The van der Waals surface area contributed by atoms with Gasteiger partial charge < -0.3 is 4.98 Å². The summed E-state index contributed by atoms with van der Waals surface area (Å²) in [5.74, 6) is 0.126. The lowest BCUT2D eigenvalue weighted by atomic mass is 10.3. The Morgan fingerprint density at radius 3 is 2.67 bits per heavy atom. The first kappa shape index (κ1) is 13.1. The molecular formula is C13H9N5O2S. The van der Waals surface area contributed by atoms with E-state index in [2.05, 4.69) is 19.7 Å². The molecule has 8 heteroatoms. The first-order valence-electron chi connectivity index (χ1n) is 5.92. The fourth-order valence-corrected chi connectivity index (χ4v) is 2.70. The second-order valence-electron chi connectivity index (χ2n) is 4.20. The number of pyridine rings is 1. The van der Waals surface area contributed by atoms with Gasteiger partial charge in [0.05, 0.1) is 11.0 Å². The maximum Gasteiger partial charge on any atom is 0.265 e. The Balaban J connectivity index is 1.93. The normalized spacial score (nSPS) is 11.2. The molecule has 2 aromatic heterocycles. The first-order valence-corrected chi connectivity index (χ1v) is 7.40. The summed E-state index contributed by atoms with van der Waals surface area (Å²) in [5, 5.41) is 8.65. The van der Waals surface area contributed by atoms with Crippen LogP contribution in [0.5, 0.6) is 0 Å². The largest absolute Gasteiger partial charge is 0.323 e. The molecule has 0 fully saturated rings. The molecule has 0 radical (unpaired) electrons. The number of nitriles is 1. The highest BCUT2D eigenvalue weighted by atomic mass is 32.2. The molecule has 0 saturated heterocycles. The molecule has 3 rings (SSSR count). The van der Waals surface area contributed by atoms with E-state index in [9.17, 15) is 8.42 Å². The molecule has 104 valence electrons. The molecule has 0 saturated carbocycles. The van der Waals surface area contributed by atoms with Crippen molar-refractivity contribution in [3.05, 3.63) is 48.3 Å². The number of rotatable bonds is 3. The number of H-pyrrole nitrogens is 1. The van der Waals surface area contributed by atoms with E-state index in [4.69, 9.17) is 5.26 Å². The van der Waals surface area contributed by atoms with E-state index in [0.29, 0.717) is 5.52 Å². The smallest absolute Gasteiger partial charge is 0.265 e. The quantitative estimate of drug-likeness (QED) is 0.763. The highest BCUT2D eigenvalue weighted by molar-refractivity contribution is 7.92. The summed E-state index contributed by atoms with van der Waals surface area (Å²) in [6, 6.07) is 11.7. The molecule has 0 aliphatic heterocycles. The number of fused-ring (bicyclic) bond motifs is 1. The van der Waals surface area contributed by atoms with Gasteiger partial charge in [-0.25, -0.2) is 23.1 Å². The number of hydrogen-bond donors (Lipinski definition) is 2. The van der Waals surface area contributed by atoms with Crippen LogP contribution >= 0.6 is 0 Å². The third-order valence-electron chi connectivity index (χ3n) is 2.78. The van der Waals surface area contributed by atoms with Gasteiger partial charge in [-0.15, -0.1) is 0 Å². The number of aromatic nitrogens is 3. The van der Waals surface area contributed by atoms with Crippen LogP contribution in [0.15, 0.2) is 47.5 Å². The van der Waals surface area contributed by atoms with Crippen molar-refractivity contribution in [2.75, 3.05) is 4.72 Å². The third-order valence-corrected chi connectivity index (χ3v) is 4.11. The predicted octanol–water partition coefficient (Wildman–Crippen LogP) is 1.63. The summed E-state index contributed by atoms with van der Waals surface area (Å²) in [5.41, 5.74) is 1.54. The number of aromatic amines is 1. The maximum absolute atomic E-state index is 12.2. The van der Waals surface area contributed by atoms with Crippen LogP contribution < -0.4 is 4.72 Å². The van der Waals surface area contributed by atoms with Crippen molar-refractivity contribution < 1.29 is 8.42 Å². The van der Waals surface area contributed by atoms with Crippen molar-refractivity contribution in [3.8, 4) is 6.07 Å². The summed E-state index contributed by atoms with van der Waals surface area (Å²) >= 11 is 0. The Morgan fingerprint density at radius 2 is 2.00 bits per heavy atom. The Bertz CT molecular complexity index is 906. The van der Waals surface area contributed by atoms with E-state index in [0.717, 1.165) is 11.7 Å². The summed E-state index contributed by atoms with van der Waals surface area (Å²) in [6.07, 6.45) is 1.13. The van der Waals surface area contributed by atoms with Crippen molar-refractivity contribution in [1.82, 2.24) is 15.0 Å². The van der Waals surface area contributed by atoms with Crippen molar-refractivity contribution in [1.29, 1.82) is 5.26 Å². The number of imidazole rings is 1. The molecule has 2 N–H and O–H groups in total. The number of nitrogens with zero attached hydrogens (tertiary/aromatic N) is 3. The highest BCUT2D eigenvalue weighted by Crippen LogP contribution is 2.17. The third kappa shape index (κ3) is 2.54. The van der Waals surface area contributed by atoms with Crippen LogP contribution in [0.2, 0.25) is 0 Å². The van der Waals surface area contributed by atoms with Gasteiger partial charge in [-0.05, 0) is 24.3 Å². The average Bonchev–Trinajstić information content (AvgIpc) is 2.88. The maximum atomic E-state index is 12.2. The minimum absolute atomic E-state index is 0.0399. The van der Waals surface area contributed by atoms with Gasteiger partial charge in [0.25, 0.3) is 10.0 Å². The molecule has 0 aliphatic rings. The average molecular weight is 299 g/mol. The lowest BCUT2D eigenvalue weighted by Gasteiger charge is -2.04. The van der Waals surface area contributed by atoms with Crippen LogP contribution in [0.4, 0.5) is 5.95 Å². The molecular weight excluding hydrogens is 290 g/mol. The summed E-state index contributed by atoms with van der Waals surface area (Å²) in [7, 11) is -3.80. The van der Waals surface area contributed by atoms with E-state index >= 15 is 0 Å². The summed E-state index contributed by atoms with van der Waals surface area (Å²) in [4.78, 5) is 10.7. The van der Waals surface area contributed by atoms with E-state index in [1.165, 1.54) is 12.1 Å². The molecule has 0 atom stereocenters. The van der Waals surface area contributed by atoms with E-state index < -0.39 is 10.0 Å². The summed E-state index contributed by atoms with van der Waals surface area (Å²) in [6.45, 7) is 0. The van der Waals surface area contributed by atoms with Gasteiger partial charge >= 0.3 is 0 Å². The lowest BCUT2D eigenvalue weighted by Crippen LogP contribution is -2.14. The van der Waals surface area contributed by atoms with Crippen LogP contribution in [-0.2, 0) is 10.0 Å². The second kappa shape index (κ2) is 4.88. The van der Waals surface area contributed by atoms with Crippen LogP contribution in [0.3, 0.4) is 0 Å². The standard InChI is InChI=1S/C13H9N5O2S/c14-7-9-5-6-10(8-15-9)21(19,20)18-13-16-11-3-1-2-4-12(11)17-13/h1-6,8H,(H2,16,17,18). The number of para-hydroxylation sites is 2. The van der Waals surface area contributed by atoms with E-state index in [1.54, 1.807) is 12.1 Å². The zero-order chi connectivity index (χ0) is 14.9. The van der Waals surface area contributed by atoms with Crippen molar-refractivity contribution in [2.45, 2.75) is 4.90 Å². The van der Waals surface area contributed by atoms with Crippen LogP contribution in [0.1, 0.15) is 5.69 Å². The van der Waals surface area contributed by atoms with Gasteiger partial charge in [-0.2, -0.15) is 5.26 Å². The van der Waals surface area contributed by atoms with Crippen LogP contribution in [0.25, 0.3) is 11.0 Å². The number of anilines is 1. The Hall–Kier alpha value is -2.92. The monoisotopic (exact) mass is 299 g/mol. The lowest BCUT2D eigenvalue weighted by molar-refractivity contribution is 0.600. The number of hydrogen-bond acceptors (Lipinski definition) is 5. The summed E-state index contributed by atoms with van der Waals surface area (Å²) < 4.78 is 26.7. The van der Waals surface area contributed by atoms with E-state index in [1.807, 2.05) is 18.2 Å². The zero-order valence-electron chi connectivity index (χ0n) is 10.6. The predicted molar refractivity (Wildman–Crippen MR) is 75.9 cm³/mol. The Kier molecular flexibility index (Phi) is 3.04. The molecule has 0 unspecified atom stereocenters. The topological polar surface area (TPSA) is 112 Å². The van der Waals surface area contributed by atoms with Gasteiger partial charge in [0.1, 0.15) is 16.7 Å². The van der Waals surface area contributed by atoms with Gasteiger partial charge in [0.15, 0.2) is 0 Å². The molecule has 2 heterocycles. The molecule has 3 aromatic rings. The van der Waals surface area contributed by atoms with Gasteiger partial charge in [0.2, 0.25) is 5.95 Å². The molecule has 0 bridgehead atoms. The second-order valence-corrected chi connectivity index (χ2v) is 5.88. The van der Waals surface area contributed by atoms with Crippen LogP contribution in [0, 0.1) is 11.3 Å². The fraction of sp³-hybridized carbons (Fsp3) is 0. The van der Waals surface area contributed by atoms with Gasteiger partial charge in [0, 0.05) is 6.20 Å². The zero-order valence-corrected chi connectivity index (χ0v) is 11.4. The van der Waals surface area contributed by atoms with E-state index in [-0.39, 0.29) is 16.5 Å². The van der Waals surface area contributed by atoms with Crippen molar-refractivity contribution in [2.24, 2.45) is 0 Å². The van der Waals surface area contributed by atoms with Gasteiger partial charge in [-0.3, -0.25) is 0 Å². The van der Waals surface area contributed by atoms with Crippen LogP contribution in [-0.4, -0.2) is 23.4 Å². The molecule has 0 spiro atoms. The minimum Gasteiger partial charge on any atom is -0.323 e. The van der Waals surface area contributed by atoms with Crippen molar-refractivity contribution in [3.63, 3.8) is 0 Å². The fourth-order valence-electron chi connectivity index (χ4n) is 1.79.